The summed E-state index contributed by atoms with van der Waals surface area (Å²) < 4.78 is 31.4. The summed E-state index contributed by atoms with van der Waals surface area (Å²) >= 11 is 1.05. The molecule has 3 N–H and O–H groups in total. The van der Waals surface area contributed by atoms with Crippen LogP contribution in [0, 0.1) is 11.6 Å². The van der Waals surface area contributed by atoms with Crippen LogP contribution in [-0.4, -0.2) is 12.0 Å². The molecule has 2 rings (SSSR count). The van der Waals surface area contributed by atoms with Crippen molar-refractivity contribution in [1.82, 2.24) is 0 Å². The highest BCUT2D eigenvalue weighted by molar-refractivity contribution is 7.12. The van der Waals surface area contributed by atoms with Crippen molar-refractivity contribution in [2.75, 3.05) is 5.32 Å². The highest BCUT2D eigenvalue weighted by Gasteiger charge is 2.28. The van der Waals surface area contributed by atoms with Gasteiger partial charge in [-0.3, -0.25) is 4.79 Å². The maximum atomic E-state index is 13.2. The highest BCUT2D eigenvalue weighted by Crippen LogP contribution is 2.39. The van der Waals surface area contributed by atoms with Crippen molar-refractivity contribution in [3.05, 3.63) is 45.7 Å². The lowest BCUT2D eigenvalue weighted by molar-refractivity contribution is 0.102. The molecule has 8 heteroatoms. The quantitative estimate of drug-likeness (QED) is 0.873. The average molecular weight is 354 g/mol. The van der Waals surface area contributed by atoms with Crippen LogP contribution in [0.1, 0.15) is 36.0 Å². The number of carbonyl (C=O) groups is 2. The van der Waals surface area contributed by atoms with Crippen molar-refractivity contribution in [2.45, 2.75) is 26.2 Å². The molecule has 1 heterocycles. The largest absolute Gasteiger partial charge is 0.410 e. The van der Waals surface area contributed by atoms with Crippen molar-refractivity contribution in [2.24, 2.45) is 5.73 Å². The Balaban J connectivity index is 2.38. The summed E-state index contributed by atoms with van der Waals surface area (Å²) in [5.74, 6) is -2.24. The van der Waals surface area contributed by atoms with E-state index in [1.807, 2.05) is 20.8 Å². The molecule has 2 aromatic rings. The first-order chi connectivity index (χ1) is 11.1. The minimum absolute atomic E-state index is 0.0479. The zero-order valence-electron chi connectivity index (χ0n) is 13.3. The number of nitrogens with one attached hydrogen (secondary N) is 1. The third-order valence-electron chi connectivity index (χ3n) is 3.08. The van der Waals surface area contributed by atoms with E-state index in [1.54, 1.807) is 5.38 Å². The Morgan fingerprint density at radius 3 is 2.25 bits per heavy atom. The lowest BCUT2D eigenvalue weighted by Crippen LogP contribution is -2.21. The van der Waals surface area contributed by atoms with Crippen LogP contribution in [0.3, 0.4) is 0 Å². The van der Waals surface area contributed by atoms with Gasteiger partial charge in [-0.25, -0.2) is 13.6 Å². The van der Waals surface area contributed by atoms with E-state index < -0.39 is 29.0 Å². The number of ether oxygens (including phenoxy) is 1. The Kier molecular flexibility index (Phi) is 4.88. The third-order valence-corrected chi connectivity index (χ3v) is 4.04. The van der Waals surface area contributed by atoms with Crippen LogP contribution in [0.25, 0.3) is 0 Å². The van der Waals surface area contributed by atoms with Crippen molar-refractivity contribution < 1.29 is 23.1 Å². The van der Waals surface area contributed by atoms with Gasteiger partial charge in [-0.15, -0.1) is 11.3 Å². The predicted molar refractivity (Wildman–Crippen MR) is 87.5 cm³/mol. The van der Waals surface area contributed by atoms with Gasteiger partial charge >= 0.3 is 6.09 Å². The monoisotopic (exact) mass is 354 g/mol. The molecule has 5 nitrogen and oxygen atoms in total. The summed E-state index contributed by atoms with van der Waals surface area (Å²) in [6.07, 6.45) is -1.05. The molecule has 0 spiro atoms. The first kappa shape index (κ1) is 17.9. The fraction of sp³-hybridized carbons (Fsp3) is 0.250. The van der Waals surface area contributed by atoms with E-state index in [9.17, 15) is 18.4 Å². The molecule has 0 fully saturated rings. The normalized spacial score (nSPS) is 11.2. The standard InChI is InChI=1S/C16H16F2N2O3S/c1-16(2,3)11-7-24-13(12(11)23-15(19)22)14(21)20-10-5-8(17)4-9(18)6-10/h4-7H,1-3H3,(H2,19,22)(H,20,21). The number of nitrogens with two attached hydrogens (primary N) is 1. The summed E-state index contributed by atoms with van der Waals surface area (Å²) in [6.45, 7) is 5.64. The molecular formula is C16H16F2N2O3S. The number of amides is 2. The number of primary amides is 1. The smallest absolute Gasteiger partial charge is 0.408 e. The number of anilines is 1. The summed E-state index contributed by atoms with van der Waals surface area (Å²) in [4.78, 5) is 23.6. The minimum atomic E-state index is -1.05. The second-order valence-corrected chi connectivity index (χ2v) is 6.97. The molecule has 0 bridgehead atoms. The van der Waals surface area contributed by atoms with Crippen molar-refractivity contribution in [3.63, 3.8) is 0 Å². The number of hydrogen-bond acceptors (Lipinski definition) is 4. The van der Waals surface area contributed by atoms with Gasteiger partial charge in [-0.2, -0.15) is 0 Å². The van der Waals surface area contributed by atoms with Gasteiger partial charge in [0.1, 0.15) is 16.5 Å². The summed E-state index contributed by atoms with van der Waals surface area (Å²) in [5, 5.41) is 4.06. The molecular weight excluding hydrogens is 338 g/mol. The van der Waals surface area contributed by atoms with Crippen molar-refractivity contribution in [3.8, 4) is 5.75 Å². The zero-order chi connectivity index (χ0) is 18.1. The van der Waals surface area contributed by atoms with E-state index in [4.69, 9.17) is 10.5 Å². The first-order valence-corrected chi connectivity index (χ1v) is 7.82. The number of carbonyl (C=O) groups excluding carboxylic acids is 2. The van der Waals surface area contributed by atoms with Crippen LogP contribution in [0.5, 0.6) is 5.75 Å². The van der Waals surface area contributed by atoms with Crippen LogP contribution in [0.4, 0.5) is 19.3 Å². The van der Waals surface area contributed by atoms with Gasteiger partial charge in [0.25, 0.3) is 5.91 Å². The van der Waals surface area contributed by atoms with E-state index in [0.29, 0.717) is 11.6 Å². The number of benzene rings is 1. The number of halogens is 2. The average Bonchev–Trinajstić information content (AvgIpc) is 2.79. The van der Waals surface area contributed by atoms with Crippen molar-refractivity contribution >= 4 is 29.0 Å². The highest BCUT2D eigenvalue weighted by atomic mass is 32.1. The summed E-state index contributed by atoms with van der Waals surface area (Å²) in [6, 6.07) is 2.65. The van der Waals surface area contributed by atoms with Gasteiger partial charge in [0.15, 0.2) is 5.75 Å². The van der Waals surface area contributed by atoms with E-state index in [1.165, 1.54) is 0 Å². The van der Waals surface area contributed by atoms with Crippen LogP contribution in [0.15, 0.2) is 23.6 Å². The van der Waals surface area contributed by atoms with Gasteiger partial charge in [0.2, 0.25) is 0 Å². The molecule has 0 saturated carbocycles. The topological polar surface area (TPSA) is 81.4 Å². The number of thiophene rings is 1. The maximum absolute atomic E-state index is 13.2. The Morgan fingerprint density at radius 1 is 1.17 bits per heavy atom. The van der Waals surface area contributed by atoms with Crippen LogP contribution >= 0.6 is 11.3 Å². The molecule has 1 aromatic heterocycles. The third kappa shape index (κ3) is 4.08. The molecule has 0 aliphatic carbocycles. The second-order valence-electron chi connectivity index (χ2n) is 6.09. The summed E-state index contributed by atoms with van der Waals surface area (Å²) in [7, 11) is 0. The minimum Gasteiger partial charge on any atom is -0.408 e. The zero-order valence-corrected chi connectivity index (χ0v) is 14.1. The molecule has 0 saturated heterocycles. The number of hydrogen-bond donors (Lipinski definition) is 2. The Bertz CT molecular complexity index is 777. The molecule has 0 aliphatic rings. The van der Waals surface area contributed by atoms with Gasteiger partial charge < -0.3 is 15.8 Å². The molecule has 24 heavy (non-hydrogen) atoms. The molecule has 0 unspecified atom stereocenters. The van der Waals surface area contributed by atoms with E-state index >= 15 is 0 Å². The van der Waals surface area contributed by atoms with Gasteiger partial charge in [0, 0.05) is 17.3 Å². The molecule has 0 aliphatic heterocycles. The van der Waals surface area contributed by atoms with E-state index in [2.05, 4.69) is 5.32 Å². The Hall–Kier alpha value is -2.48. The second kappa shape index (κ2) is 6.56. The molecule has 0 atom stereocenters. The lowest BCUT2D eigenvalue weighted by Gasteiger charge is -2.19. The Labute approximate surface area is 141 Å². The number of rotatable bonds is 3. The predicted octanol–water partition coefficient (Wildman–Crippen LogP) is 4.03. The van der Waals surface area contributed by atoms with E-state index in [0.717, 1.165) is 23.5 Å². The van der Waals surface area contributed by atoms with Crippen LogP contribution in [-0.2, 0) is 5.41 Å². The van der Waals surface area contributed by atoms with E-state index in [-0.39, 0.29) is 16.3 Å². The lowest BCUT2D eigenvalue weighted by atomic mass is 9.88. The SMILES string of the molecule is CC(C)(C)c1csc(C(=O)Nc2cc(F)cc(F)c2)c1OC(N)=O. The fourth-order valence-corrected chi connectivity index (χ4v) is 3.15. The summed E-state index contributed by atoms with van der Waals surface area (Å²) in [5.41, 5.74) is 5.25. The van der Waals surface area contributed by atoms with Gasteiger partial charge in [-0.05, 0) is 22.9 Å². The molecule has 2 amide bonds. The van der Waals surface area contributed by atoms with Crippen LogP contribution in [0.2, 0.25) is 0 Å². The van der Waals surface area contributed by atoms with Gasteiger partial charge in [-0.1, -0.05) is 20.8 Å². The van der Waals surface area contributed by atoms with Crippen LogP contribution < -0.4 is 15.8 Å². The Morgan fingerprint density at radius 2 is 1.75 bits per heavy atom. The molecule has 1 aromatic carbocycles. The fourth-order valence-electron chi connectivity index (χ4n) is 2.04. The maximum Gasteiger partial charge on any atom is 0.410 e. The van der Waals surface area contributed by atoms with Crippen molar-refractivity contribution in [1.29, 1.82) is 0 Å². The molecule has 128 valence electrons. The van der Waals surface area contributed by atoms with Gasteiger partial charge in [0.05, 0.1) is 0 Å². The first-order valence-electron chi connectivity index (χ1n) is 6.94. The molecule has 0 radical (unpaired) electrons.